The number of hydrogen-bond acceptors (Lipinski definition) is 2. The second kappa shape index (κ2) is 12.2. The Morgan fingerprint density at radius 1 is 0.473 bits per heavy atom. The molecule has 11 rings (SSSR count). The molecule has 2 aliphatic rings. The van der Waals surface area contributed by atoms with Crippen LogP contribution >= 0.6 is 12.1 Å². The van der Waals surface area contributed by atoms with E-state index >= 15 is 4.79 Å². The van der Waals surface area contributed by atoms with Crippen molar-refractivity contribution in [2.45, 2.75) is 10.3 Å². The van der Waals surface area contributed by atoms with Crippen molar-refractivity contribution in [1.82, 2.24) is 4.57 Å². The number of rotatable bonds is 4. The van der Waals surface area contributed by atoms with Gasteiger partial charge < -0.3 is 4.57 Å². The van der Waals surface area contributed by atoms with Gasteiger partial charge in [-0.25, -0.2) is 0 Å². The van der Waals surface area contributed by atoms with E-state index in [4.69, 9.17) is 0 Å². The van der Waals surface area contributed by atoms with Crippen LogP contribution in [0.1, 0.15) is 32.6 Å². The second-order valence-corrected chi connectivity index (χ2v) is 14.8. The van der Waals surface area contributed by atoms with Crippen molar-refractivity contribution in [3.05, 3.63) is 216 Å². The first-order chi connectivity index (χ1) is 27.2. The first-order valence-electron chi connectivity index (χ1n) is 18.4. The summed E-state index contributed by atoms with van der Waals surface area (Å²) in [6.07, 6.45) is 0. The van der Waals surface area contributed by atoms with Crippen LogP contribution in [0, 0.1) is 0 Å². The first-order valence-corrected chi connectivity index (χ1v) is 19.1. The smallest absolute Gasteiger partial charge is 0.264 e. The molecule has 1 aromatic heterocycles. The molecule has 1 spiro atoms. The molecule has 8 aromatic carbocycles. The van der Waals surface area contributed by atoms with E-state index in [-0.39, 0.29) is 23.0 Å². The molecular weight excluding hydrogens is 696 g/mol. The van der Waals surface area contributed by atoms with Crippen LogP contribution in [-0.4, -0.2) is 10.5 Å². The fraction of sp³-hybridized carbons (Fsp3) is 0.0200. The third-order valence-corrected chi connectivity index (χ3v) is 12.1. The van der Waals surface area contributed by atoms with Crippen molar-refractivity contribution in [3.8, 4) is 27.9 Å². The minimum atomic E-state index is -0.855. The Morgan fingerprint density at radius 2 is 1.04 bits per heavy atom. The Kier molecular flexibility index (Phi) is 7.04. The molecular formula is C50H31FN2OS. The predicted molar refractivity (Wildman–Crippen MR) is 223 cm³/mol. The summed E-state index contributed by atoms with van der Waals surface area (Å²) >= 11 is 0.103. The normalized spacial score (nSPS) is 13.4. The van der Waals surface area contributed by atoms with Gasteiger partial charge in [-0.3, -0.25) is 9.69 Å². The number of carbonyl (C=O) groups excluding carboxylic acids is 1. The highest BCUT2D eigenvalue weighted by molar-refractivity contribution is 7.94. The van der Waals surface area contributed by atoms with Gasteiger partial charge in [0.2, 0.25) is 0 Å². The third-order valence-electron chi connectivity index (χ3n) is 11.5. The lowest BCUT2D eigenvalue weighted by atomic mass is 9.60. The van der Waals surface area contributed by atoms with Crippen molar-refractivity contribution in [1.29, 1.82) is 0 Å². The van der Waals surface area contributed by atoms with Gasteiger partial charge >= 0.3 is 0 Å². The van der Waals surface area contributed by atoms with Gasteiger partial charge in [0.25, 0.3) is 5.91 Å². The molecule has 5 heteroatoms. The molecule has 0 saturated carbocycles. The monoisotopic (exact) mass is 726 g/mol. The molecule has 0 N–H and O–H groups in total. The van der Waals surface area contributed by atoms with Crippen molar-refractivity contribution in [2.24, 2.45) is 0 Å². The average molecular weight is 727 g/mol. The van der Waals surface area contributed by atoms with Gasteiger partial charge in [-0.2, -0.15) is 3.89 Å². The Labute approximate surface area is 322 Å². The Hall–Kier alpha value is -6.69. The van der Waals surface area contributed by atoms with Crippen LogP contribution in [0.4, 0.5) is 15.3 Å². The van der Waals surface area contributed by atoms with Gasteiger partial charge in [-0.15, -0.1) is 0 Å². The number of hydrogen-bond donors (Lipinski definition) is 0. The van der Waals surface area contributed by atoms with Gasteiger partial charge in [-0.05, 0) is 93.0 Å². The van der Waals surface area contributed by atoms with Gasteiger partial charge in [0.05, 0.1) is 56.1 Å². The largest absolute Gasteiger partial charge is 0.309 e. The summed E-state index contributed by atoms with van der Waals surface area (Å²) in [6.45, 7) is 0. The molecule has 0 bridgehead atoms. The van der Waals surface area contributed by atoms with Crippen LogP contribution in [0.2, 0.25) is 0 Å². The zero-order valence-electron chi connectivity index (χ0n) is 29.5. The molecule has 3 heterocycles. The van der Waals surface area contributed by atoms with Crippen LogP contribution < -0.4 is 4.90 Å². The van der Waals surface area contributed by atoms with Crippen molar-refractivity contribution in [3.63, 3.8) is 0 Å². The topological polar surface area (TPSA) is 25.2 Å². The van der Waals surface area contributed by atoms with E-state index in [1.165, 1.54) is 10.8 Å². The minimum absolute atomic E-state index is 0.103. The number of halogens is 1. The van der Waals surface area contributed by atoms with Crippen LogP contribution in [-0.2, 0) is 5.41 Å². The fourth-order valence-corrected chi connectivity index (χ4v) is 9.66. The molecule has 0 atom stereocenters. The van der Waals surface area contributed by atoms with E-state index in [0.29, 0.717) is 5.56 Å². The molecule has 0 fully saturated rings. The number of anilines is 2. The second-order valence-electron chi connectivity index (χ2n) is 14.2. The Morgan fingerprint density at radius 3 is 1.73 bits per heavy atom. The molecule has 3 nitrogen and oxygen atoms in total. The van der Waals surface area contributed by atoms with E-state index in [9.17, 15) is 3.89 Å². The molecule has 9 aromatic rings. The lowest BCUT2D eigenvalue weighted by Gasteiger charge is -2.48. The molecule has 1 amide bonds. The number of carbonyl (C=O) groups is 1. The molecule has 0 saturated heterocycles. The zero-order valence-corrected chi connectivity index (χ0v) is 30.3. The summed E-state index contributed by atoms with van der Waals surface area (Å²) in [5, 5.41) is 2.37. The number of benzene rings is 8. The molecule has 0 aliphatic carbocycles. The number of para-hydroxylation sites is 3. The molecule has 0 radical (unpaired) electrons. The first kappa shape index (κ1) is 31.8. The standard InChI is InChI=1S/C50H31FN2OS/c51-55-47-25-12-8-19-38(47)49(54)53-45-28-26-34(32-14-3-1-4-15-32)30-41(45)50(42-31-35(27-29-46(42)53)33-16-5-2-6-17-33)39-21-9-11-24-44(39)52-43-23-10-7-18-36(43)37-20-13-22-40(50)48(37)52/h1-31H. The molecule has 0 unspecified atom stereocenters. The lowest BCUT2D eigenvalue weighted by Crippen LogP contribution is -2.43. The SMILES string of the molecule is O=C(c1ccccc1SF)N1c2ccc(-c3ccccc3)cc2C2(c3cc(-c4ccccc4)ccc31)c1ccccc1-n1c3ccccc3c3cccc2c31. The van der Waals surface area contributed by atoms with Gasteiger partial charge in [0.15, 0.2) is 0 Å². The summed E-state index contributed by atoms with van der Waals surface area (Å²) in [6, 6.07) is 64.8. The highest BCUT2D eigenvalue weighted by atomic mass is 32.2. The Bertz CT molecular complexity index is 2920. The van der Waals surface area contributed by atoms with Crippen molar-refractivity contribution >= 4 is 51.2 Å². The molecule has 2 aliphatic heterocycles. The maximum absolute atomic E-state index is 15.2. The van der Waals surface area contributed by atoms with Crippen LogP contribution in [0.5, 0.6) is 0 Å². The number of aromatic nitrogens is 1. The maximum atomic E-state index is 15.2. The number of nitrogens with zero attached hydrogens (tertiary/aromatic N) is 2. The fourth-order valence-electron chi connectivity index (χ4n) is 9.29. The molecule has 260 valence electrons. The van der Waals surface area contributed by atoms with Crippen molar-refractivity contribution in [2.75, 3.05) is 4.90 Å². The van der Waals surface area contributed by atoms with Crippen LogP contribution in [0.15, 0.2) is 193 Å². The van der Waals surface area contributed by atoms with Gasteiger partial charge in [0, 0.05) is 10.8 Å². The van der Waals surface area contributed by atoms with Gasteiger partial charge in [-0.1, -0.05) is 140 Å². The highest BCUT2D eigenvalue weighted by Gasteiger charge is 2.52. The van der Waals surface area contributed by atoms with Crippen molar-refractivity contribution < 1.29 is 8.68 Å². The zero-order chi connectivity index (χ0) is 36.7. The minimum Gasteiger partial charge on any atom is -0.309 e. The van der Waals surface area contributed by atoms with Crippen LogP contribution in [0.3, 0.4) is 0 Å². The summed E-state index contributed by atoms with van der Waals surface area (Å²) in [5.41, 5.74) is 12.9. The highest BCUT2D eigenvalue weighted by Crippen LogP contribution is 2.61. The van der Waals surface area contributed by atoms with E-state index < -0.39 is 5.41 Å². The van der Waals surface area contributed by atoms with Crippen LogP contribution in [0.25, 0.3) is 49.7 Å². The van der Waals surface area contributed by atoms with E-state index in [1.54, 1.807) is 24.3 Å². The summed E-state index contributed by atoms with van der Waals surface area (Å²) in [4.78, 5) is 17.3. The third kappa shape index (κ3) is 4.42. The average Bonchev–Trinajstić information content (AvgIpc) is 3.60. The van der Waals surface area contributed by atoms with E-state index in [2.05, 4.69) is 156 Å². The number of fused-ring (bicyclic) bond motifs is 11. The maximum Gasteiger partial charge on any atom is 0.264 e. The lowest BCUT2D eigenvalue weighted by molar-refractivity contribution is 0.0995. The summed E-state index contributed by atoms with van der Waals surface area (Å²) in [5.74, 6) is -0.283. The predicted octanol–water partition coefficient (Wildman–Crippen LogP) is 13.1. The molecule has 55 heavy (non-hydrogen) atoms. The van der Waals surface area contributed by atoms with E-state index in [1.807, 2.05) is 17.0 Å². The Balaban J connectivity index is 1.34. The quantitative estimate of drug-likeness (QED) is 0.180. The number of amides is 1. The van der Waals surface area contributed by atoms with Gasteiger partial charge in [0.1, 0.15) is 0 Å². The van der Waals surface area contributed by atoms with E-state index in [0.717, 1.165) is 72.6 Å². The summed E-state index contributed by atoms with van der Waals surface area (Å²) < 4.78 is 17.0. The summed E-state index contributed by atoms with van der Waals surface area (Å²) in [7, 11) is 0.